The third-order valence-corrected chi connectivity index (χ3v) is 3.76. The number of aliphatic carboxylic acids is 1. The van der Waals surface area contributed by atoms with Crippen LogP contribution in [0.4, 0.5) is 0 Å². The zero-order valence-electron chi connectivity index (χ0n) is 11.4. The average Bonchev–Trinajstić information content (AvgIpc) is 2.64. The van der Waals surface area contributed by atoms with Crippen molar-refractivity contribution < 1.29 is 9.90 Å². The lowest BCUT2D eigenvalue weighted by atomic mass is 10.1. The summed E-state index contributed by atoms with van der Waals surface area (Å²) in [4.78, 5) is 13.2. The highest BCUT2D eigenvalue weighted by molar-refractivity contribution is 5.67. The maximum absolute atomic E-state index is 10.9. The molecule has 4 heteroatoms. The van der Waals surface area contributed by atoms with Crippen LogP contribution in [0, 0.1) is 0 Å². The number of carbonyl (C=O) groups is 1. The highest BCUT2D eigenvalue weighted by Gasteiger charge is 2.23. The van der Waals surface area contributed by atoms with Gasteiger partial charge in [0.05, 0.1) is 6.42 Å². The third-order valence-electron chi connectivity index (χ3n) is 3.76. The zero-order chi connectivity index (χ0) is 13.7. The second kappa shape index (κ2) is 6.68. The first-order chi connectivity index (χ1) is 9.16. The molecule has 4 nitrogen and oxygen atoms in total. The number of hydrogen-bond donors (Lipinski definition) is 2. The first-order valence-corrected chi connectivity index (χ1v) is 6.91. The fourth-order valence-corrected chi connectivity index (χ4v) is 2.67. The molecule has 0 saturated carbocycles. The molecule has 0 bridgehead atoms. The van der Waals surface area contributed by atoms with Gasteiger partial charge in [0.25, 0.3) is 0 Å². The van der Waals surface area contributed by atoms with E-state index < -0.39 is 5.97 Å². The predicted molar refractivity (Wildman–Crippen MR) is 75.1 cm³/mol. The fourth-order valence-electron chi connectivity index (χ4n) is 2.67. The van der Waals surface area contributed by atoms with Crippen molar-refractivity contribution in [3.8, 4) is 0 Å². The summed E-state index contributed by atoms with van der Waals surface area (Å²) in [5.74, 6) is -0.730. The van der Waals surface area contributed by atoms with E-state index in [1.165, 1.54) is 5.56 Å². The van der Waals surface area contributed by atoms with Crippen molar-refractivity contribution in [2.24, 2.45) is 0 Å². The lowest BCUT2D eigenvalue weighted by Crippen LogP contribution is -2.40. The van der Waals surface area contributed by atoms with Crippen LogP contribution in [0.1, 0.15) is 31.4 Å². The van der Waals surface area contributed by atoms with Crippen LogP contribution in [-0.2, 0) is 4.79 Å². The van der Waals surface area contributed by atoms with Gasteiger partial charge in [-0.15, -0.1) is 0 Å². The van der Waals surface area contributed by atoms with Crippen molar-refractivity contribution in [3.05, 3.63) is 35.9 Å². The summed E-state index contributed by atoms with van der Waals surface area (Å²) in [6, 6.07) is 10.8. The molecular formula is C15H22N2O2. The lowest BCUT2D eigenvalue weighted by Gasteiger charge is -2.30. The van der Waals surface area contributed by atoms with Crippen molar-refractivity contribution in [1.29, 1.82) is 0 Å². The van der Waals surface area contributed by atoms with E-state index in [2.05, 4.69) is 41.4 Å². The maximum atomic E-state index is 10.9. The SMILES string of the molecule is CC(c1ccccc1)N1CCCNC(CC(=O)O)C1. The summed E-state index contributed by atoms with van der Waals surface area (Å²) in [6.07, 6.45) is 1.26. The first-order valence-electron chi connectivity index (χ1n) is 6.91. The molecule has 0 aliphatic carbocycles. The van der Waals surface area contributed by atoms with Crippen LogP contribution in [0.15, 0.2) is 30.3 Å². The van der Waals surface area contributed by atoms with E-state index in [-0.39, 0.29) is 12.5 Å². The Hall–Kier alpha value is -1.39. The predicted octanol–water partition coefficient (Wildman–Crippen LogP) is 1.89. The van der Waals surface area contributed by atoms with Crippen molar-refractivity contribution in [2.45, 2.75) is 31.8 Å². The molecule has 0 amide bonds. The van der Waals surface area contributed by atoms with E-state index in [0.717, 1.165) is 26.1 Å². The molecule has 1 aliphatic heterocycles. The van der Waals surface area contributed by atoms with Crippen LogP contribution in [0.25, 0.3) is 0 Å². The molecule has 0 radical (unpaired) electrons. The highest BCUT2D eigenvalue weighted by Crippen LogP contribution is 2.21. The number of nitrogens with one attached hydrogen (secondary N) is 1. The van der Waals surface area contributed by atoms with E-state index in [1.807, 2.05) is 6.07 Å². The summed E-state index contributed by atoms with van der Waals surface area (Å²) >= 11 is 0. The van der Waals surface area contributed by atoms with Gasteiger partial charge >= 0.3 is 5.97 Å². The summed E-state index contributed by atoms with van der Waals surface area (Å²) < 4.78 is 0. The first kappa shape index (κ1) is 14.0. The number of hydrogen-bond acceptors (Lipinski definition) is 3. The molecule has 2 atom stereocenters. The van der Waals surface area contributed by atoms with E-state index in [0.29, 0.717) is 6.04 Å². The van der Waals surface area contributed by atoms with Gasteiger partial charge in [-0.3, -0.25) is 9.69 Å². The Bertz CT molecular complexity index is 408. The van der Waals surface area contributed by atoms with Crippen molar-refractivity contribution in [1.82, 2.24) is 10.2 Å². The van der Waals surface area contributed by atoms with Crippen LogP contribution in [0.2, 0.25) is 0 Å². The molecule has 1 aliphatic rings. The minimum absolute atomic E-state index is 0.0474. The normalized spacial score (nSPS) is 22.7. The number of benzene rings is 1. The summed E-state index contributed by atoms with van der Waals surface area (Å²) in [6.45, 7) is 4.90. The van der Waals surface area contributed by atoms with Gasteiger partial charge in [0.1, 0.15) is 0 Å². The number of carboxylic acids is 1. The summed E-state index contributed by atoms with van der Waals surface area (Å²) in [5, 5.41) is 12.3. The highest BCUT2D eigenvalue weighted by atomic mass is 16.4. The smallest absolute Gasteiger partial charge is 0.304 e. The molecule has 2 unspecified atom stereocenters. The van der Waals surface area contributed by atoms with E-state index in [4.69, 9.17) is 5.11 Å². The Kier molecular flexibility index (Phi) is 4.93. The van der Waals surface area contributed by atoms with Crippen LogP contribution < -0.4 is 5.32 Å². The van der Waals surface area contributed by atoms with Crippen molar-refractivity contribution in [3.63, 3.8) is 0 Å². The maximum Gasteiger partial charge on any atom is 0.304 e. The molecule has 1 fully saturated rings. The van der Waals surface area contributed by atoms with E-state index >= 15 is 0 Å². The molecule has 1 saturated heterocycles. The number of rotatable bonds is 4. The van der Waals surface area contributed by atoms with Gasteiger partial charge in [0.15, 0.2) is 0 Å². The van der Waals surface area contributed by atoms with Gasteiger partial charge in [-0.2, -0.15) is 0 Å². The Labute approximate surface area is 114 Å². The van der Waals surface area contributed by atoms with Gasteiger partial charge in [-0.05, 0) is 25.5 Å². The lowest BCUT2D eigenvalue weighted by molar-refractivity contribution is -0.137. The molecular weight excluding hydrogens is 240 g/mol. The quantitative estimate of drug-likeness (QED) is 0.870. The largest absolute Gasteiger partial charge is 0.481 e. The fraction of sp³-hybridized carbons (Fsp3) is 0.533. The Morgan fingerprint density at radius 2 is 2.21 bits per heavy atom. The average molecular weight is 262 g/mol. The third kappa shape index (κ3) is 4.04. The van der Waals surface area contributed by atoms with E-state index in [9.17, 15) is 4.79 Å². The molecule has 104 valence electrons. The van der Waals surface area contributed by atoms with Gasteiger partial charge < -0.3 is 10.4 Å². The second-order valence-electron chi connectivity index (χ2n) is 5.18. The Morgan fingerprint density at radius 1 is 1.47 bits per heavy atom. The monoisotopic (exact) mass is 262 g/mol. The molecule has 2 N–H and O–H groups in total. The Balaban J connectivity index is 2.03. The van der Waals surface area contributed by atoms with Gasteiger partial charge in [0.2, 0.25) is 0 Å². The molecule has 19 heavy (non-hydrogen) atoms. The van der Waals surface area contributed by atoms with Crippen LogP contribution >= 0.6 is 0 Å². The number of carboxylic acid groups (broad SMARTS) is 1. The molecule has 1 heterocycles. The van der Waals surface area contributed by atoms with Crippen LogP contribution in [0.3, 0.4) is 0 Å². The minimum atomic E-state index is -0.730. The minimum Gasteiger partial charge on any atom is -0.481 e. The van der Waals surface area contributed by atoms with Crippen LogP contribution in [0.5, 0.6) is 0 Å². The summed E-state index contributed by atoms with van der Waals surface area (Å²) in [5.41, 5.74) is 1.29. The van der Waals surface area contributed by atoms with Crippen molar-refractivity contribution in [2.75, 3.05) is 19.6 Å². The number of nitrogens with zero attached hydrogens (tertiary/aromatic N) is 1. The Morgan fingerprint density at radius 3 is 2.89 bits per heavy atom. The zero-order valence-corrected chi connectivity index (χ0v) is 11.4. The van der Waals surface area contributed by atoms with Gasteiger partial charge in [-0.1, -0.05) is 30.3 Å². The van der Waals surface area contributed by atoms with Gasteiger partial charge in [-0.25, -0.2) is 0 Å². The van der Waals surface area contributed by atoms with Gasteiger partial charge in [0, 0.05) is 25.2 Å². The standard InChI is InChI=1S/C15H22N2O2/c1-12(13-6-3-2-4-7-13)17-9-5-8-16-14(11-17)10-15(18)19/h2-4,6-7,12,14,16H,5,8-11H2,1H3,(H,18,19). The molecule has 2 rings (SSSR count). The molecule has 1 aromatic carbocycles. The van der Waals surface area contributed by atoms with Crippen LogP contribution in [-0.4, -0.2) is 41.7 Å². The van der Waals surface area contributed by atoms with E-state index in [1.54, 1.807) is 0 Å². The molecule has 0 aromatic heterocycles. The van der Waals surface area contributed by atoms with Crippen molar-refractivity contribution >= 4 is 5.97 Å². The topological polar surface area (TPSA) is 52.6 Å². The molecule has 1 aromatic rings. The molecule has 0 spiro atoms. The second-order valence-corrected chi connectivity index (χ2v) is 5.18. The summed E-state index contributed by atoms with van der Waals surface area (Å²) in [7, 11) is 0.